The number of carboxylic acids is 1. The second-order valence-corrected chi connectivity index (χ2v) is 6.87. The van der Waals surface area contributed by atoms with Crippen molar-refractivity contribution in [2.24, 2.45) is 0 Å². The second kappa shape index (κ2) is 8.57. The molecule has 0 saturated carbocycles. The number of aliphatic carboxylic acids is 1. The third-order valence-corrected chi connectivity index (χ3v) is 4.95. The van der Waals surface area contributed by atoms with E-state index >= 15 is 0 Å². The van der Waals surface area contributed by atoms with Gasteiger partial charge in [-0.1, -0.05) is 61.5 Å². The van der Waals surface area contributed by atoms with E-state index in [9.17, 15) is 4.79 Å². The van der Waals surface area contributed by atoms with Crippen LogP contribution < -0.4 is 0 Å². The zero-order chi connectivity index (χ0) is 20.9. The Morgan fingerprint density at radius 3 is 2.47 bits per heavy atom. The Bertz CT molecular complexity index is 1240. The van der Waals surface area contributed by atoms with Crippen LogP contribution in [-0.4, -0.2) is 26.3 Å². The average Bonchev–Trinajstić information content (AvgIpc) is 3.25. The molecule has 0 saturated heterocycles. The maximum absolute atomic E-state index is 10.8. The lowest BCUT2D eigenvalue weighted by molar-refractivity contribution is -0.131. The summed E-state index contributed by atoms with van der Waals surface area (Å²) in [4.78, 5) is 15.6. The number of aromatic nitrogens is 3. The molecule has 5 nitrogen and oxygen atoms in total. The van der Waals surface area contributed by atoms with Crippen molar-refractivity contribution in [3.05, 3.63) is 101 Å². The topological polar surface area (TPSA) is 78.9 Å². The molecule has 5 heteroatoms. The highest BCUT2D eigenvalue weighted by atomic mass is 16.4. The minimum atomic E-state index is -0.963. The largest absolute Gasteiger partial charge is 0.478 e. The molecule has 148 valence electrons. The van der Waals surface area contributed by atoms with E-state index in [0.717, 1.165) is 51.5 Å². The molecule has 2 aromatic heterocycles. The van der Waals surface area contributed by atoms with Gasteiger partial charge in [0.25, 0.3) is 0 Å². The van der Waals surface area contributed by atoms with E-state index in [0.29, 0.717) is 0 Å². The Morgan fingerprint density at radius 1 is 1.00 bits per heavy atom. The lowest BCUT2D eigenvalue weighted by Gasteiger charge is -2.16. The number of pyridine rings is 1. The predicted octanol–water partition coefficient (Wildman–Crippen LogP) is 5.42. The van der Waals surface area contributed by atoms with Crippen LogP contribution in [0.1, 0.15) is 35.7 Å². The maximum Gasteiger partial charge on any atom is 0.328 e. The molecule has 0 unspecified atom stereocenters. The quantitative estimate of drug-likeness (QED) is 0.337. The number of carbonyl (C=O) groups is 1. The molecule has 0 bridgehead atoms. The van der Waals surface area contributed by atoms with E-state index in [1.165, 1.54) is 5.57 Å². The predicted molar refractivity (Wildman–Crippen MR) is 120 cm³/mol. The molecule has 2 N–H and O–H groups in total. The smallest absolute Gasteiger partial charge is 0.328 e. The fourth-order valence-electron chi connectivity index (χ4n) is 3.54. The molecule has 4 rings (SSSR count). The third-order valence-electron chi connectivity index (χ3n) is 4.95. The fraction of sp³-hybridized carbons (Fsp3) is 0.0800. The summed E-state index contributed by atoms with van der Waals surface area (Å²) < 4.78 is 0. The normalized spacial score (nSPS) is 12.3. The molecule has 30 heavy (non-hydrogen) atoms. The highest BCUT2D eigenvalue weighted by molar-refractivity contribution is 5.98. The van der Waals surface area contributed by atoms with Crippen molar-refractivity contribution in [2.75, 3.05) is 0 Å². The van der Waals surface area contributed by atoms with Gasteiger partial charge >= 0.3 is 5.97 Å². The summed E-state index contributed by atoms with van der Waals surface area (Å²) in [6, 6.07) is 22.2. The molecule has 4 aromatic rings. The molecular formula is C25H21N3O2. The molecule has 2 aromatic carbocycles. The SMILES string of the molecule is CC/C(=C(/c1ccc(/C=C/C(=O)O)cc1)c1ccc2[nH]ncc2n1)c1ccccc1. The van der Waals surface area contributed by atoms with Crippen LogP contribution in [0.5, 0.6) is 0 Å². The van der Waals surface area contributed by atoms with Crippen molar-refractivity contribution in [3.8, 4) is 0 Å². The standard InChI is InChI=1S/C25H21N3O2/c1-2-20(18-6-4-3-5-7-18)25(22-14-13-21-23(27-22)16-26-28-21)19-11-8-17(9-12-19)10-15-24(29)30/h3-16H,2H2,1H3,(H,26,28)(H,29,30)/b15-10+,25-20+. The van der Waals surface area contributed by atoms with Crippen LogP contribution in [0.25, 0.3) is 28.3 Å². The van der Waals surface area contributed by atoms with Gasteiger partial charge < -0.3 is 5.11 Å². The summed E-state index contributed by atoms with van der Waals surface area (Å²) >= 11 is 0. The number of carboxylic acid groups (broad SMARTS) is 1. The first-order valence-electron chi connectivity index (χ1n) is 9.76. The van der Waals surface area contributed by atoms with Gasteiger partial charge in [-0.05, 0) is 46.9 Å². The van der Waals surface area contributed by atoms with Crippen molar-refractivity contribution >= 4 is 34.2 Å². The highest BCUT2D eigenvalue weighted by Gasteiger charge is 2.15. The van der Waals surface area contributed by atoms with E-state index in [2.05, 4.69) is 29.3 Å². The van der Waals surface area contributed by atoms with Crippen molar-refractivity contribution < 1.29 is 9.90 Å². The molecule has 0 amide bonds. The molecular weight excluding hydrogens is 374 g/mol. The van der Waals surface area contributed by atoms with Gasteiger partial charge in [-0.15, -0.1) is 0 Å². The molecule has 0 aliphatic carbocycles. The number of H-pyrrole nitrogens is 1. The number of aromatic amines is 1. The van der Waals surface area contributed by atoms with Gasteiger partial charge in [-0.2, -0.15) is 5.10 Å². The third kappa shape index (κ3) is 4.05. The zero-order valence-corrected chi connectivity index (χ0v) is 16.5. The number of fused-ring (bicyclic) bond motifs is 1. The first-order chi connectivity index (χ1) is 14.7. The van der Waals surface area contributed by atoms with Crippen LogP contribution in [0.4, 0.5) is 0 Å². The number of benzene rings is 2. The summed E-state index contributed by atoms with van der Waals surface area (Å²) in [7, 11) is 0. The summed E-state index contributed by atoms with van der Waals surface area (Å²) in [6.45, 7) is 2.14. The van der Waals surface area contributed by atoms with Crippen LogP contribution in [-0.2, 0) is 4.79 Å². The summed E-state index contributed by atoms with van der Waals surface area (Å²) in [5, 5.41) is 15.9. The highest BCUT2D eigenvalue weighted by Crippen LogP contribution is 2.34. The van der Waals surface area contributed by atoms with E-state index in [1.807, 2.05) is 54.6 Å². The van der Waals surface area contributed by atoms with Gasteiger partial charge in [-0.25, -0.2) is 9.78 Å². The Balaban J connectivity index is 1.89. The molecule has 0 aliphatic rings. The van der Waals surface area contributed by atoms with Crippen molar-refractivity contribution in [1.82, 2.24) is 15.2 Å². The number of hydrogen-bond donors (Lipinski definition) is 2. The van der Waals surface area contributed by atoms with Crippen LogP contribution in [0.15, 0.2) is 79.0 Å². The van der Waals surface area contributed by atoms with Crippen LogP contribution in [0.2, 0.25) is 0 Å². The molecule has 0 aliphatic heterocycles. The van der Waals surface area contributed by atoms with Crippen molar-refractivity contribution in [3.63, 3.8) is 0 Å². The van der Waals surface area contributed by atoms with E-state index in [4.69, 9.17) is 10.1 Å². The minimum absolute atomic E-state index is 0.814. The van der Waals surface area contributed by atoms with Gasteiger partial charge in [0.1, 0.15) is 5.52 Å². The zero-order valence-electron chi connectivity index (χ0n) is 16.5. The summed E-state index contributed by atoms with van der Waals surface area (Å²) in [6.07, 6.45) is 5.29. The Labute approximate surface area is 174 Å². The lowest BCUT2D eigenvalue weighted by Crippen LogP contribution is -1.97. The fourth-order valence-corrected chi connectivity index (χ4v) is 3.54. The molecule has 0 radical (unpaired) electrons. The molecule has 0 atom stereocenters. The van der Waals surface area contributed by atoms with Crippen LogP contribution in [0.3, 0.4) is 0 Å². The second-order valence-electron chi connectivity index (χ2n) is 6.87. The Kier molecular flexibility index (Phi) is 5.52. The van der Waals surface area contributed by atoms with E-state index in [-0.39, 0.29) is 0 Å². The first-order valence-corrected chi connectivity index (χ1v) is 9.76. The summed E-state index contributed by atoms with van der Waals surface area (Å²) in [5.41, 5.74) is 7.84. The van der Waals surface area contributed by atoms with Crippen molar-refractivity contribution in [1.29, 1.82) is 0 Å². The number of rotatable bonds is 6. The van der Waals surface area contributed by atoms with Gasteiger partial charge in [0.2, 0.25) is 0 Å². The first kappa shape index (κ1) is 19.3. The van der Waals surface area contributed by atoms with E-state index in [1.54, 1.807) is 12.3 Å². The molecule has 0 fully saturated rings. The number of hydrogen-bond acceptors (Lipinski definition) is 3. The Morgan fingerprint density at radius 2 is 1.77 bits per heavy atom. The van der Waals surface area contributed by atoms with Crippen LogP contribution >= 0.6 is 0 Å². The van der Waals surface area contributed by atoms with Crippen molar-refractivity contribution in [2.45, 2.75) is 13.3 Å². The van der Waals surface area contributed by atoms with Gasteiger partial charge in [0, 0.05) is 11.6 Å². The Hall–Kier alpha value is -3.99. The molecule has 2 heterocycles. The van der Waals surface area contributed by atoms with E-state index < -0.39 is 5.97 Å². The maximum atomic E-state index is 10.8. The monoisotopic (exact) mass is 395 g/mol. The van der Waals surface area contributed by atoms with Crippen LogP contribution in [0, 0.1) is 0 Å². The average molecular weight is 395 g/mol. The lowest BCUT2D eigenvalue weighted by atomic mass is 9.90. The summed E-state index contributed by atoms with van der Waals surface area (Å²) in [5.74, 6) is -0.963. The van der Waals surface area contributed by atoms with Gasteiger partial charge in [-0.3, -0.25) is 5.10 Å². The molecule has 0 spiro atoms. The van der Waals surface area contributed by atoms with Gasteiger partial charge in [0.05, 0.1) is 17.4 Å². The number of allylic oxidation sites excluding steroid dienone is 1. The minimum Gasteiger partial charge on any atom is -0.478 e. The van der Waals surface area contributed by atoms with Gasteiger partial charge in [0.15, 0.2) is 0 Å². The number of nitrogens with zero attached hydrogens (tertiary/aromatic N) is 2. The number of nitrogens with one attached hydrogen (secondary N) is 1.